The van der Waals surface area contributed by atoms with Crippen LogP contribution in [-0.2, 0) is 0 Å². The van der Waals surface area contributed by atoms with Gasteiger partial charge >= 0.3 is 0 Å². The van der Waals surface area contributed by atoms with E-state index in [1.54, 1.807) is 26.0 Å². The van der Waals surface area contributed by atoms with Crippen molar-refractivity contribution in [3.8, 4) is 11.5 Å². The Balaban J connectivity index is 2.10. The number of benzene rings is 1. The number of ether oxygens (including phenoxy) is 2. The molecule has 1 N–H and O–H groups in total. The molecule has 0 fully saturated rings. The van der Waals surface area contributed by atoms with Crippen molar-refractivity contribution in [3.63, 3.8) is 0 Å². The molecule has 5 heteroatoms. The van der Waals surface area contributed by atoms with Gasteiger partial charge in [0.1, 0.15) is 0 Å². The average Bonchev–Trinajstić information content (AvgIpc) is 2.56. The summed E-state index contributed by atoms with van der Waals surface area (Å²) >= 11 is 1.80. The van der Waals surface area contributed by atoms with Crippen molar-refractivity contribution in [3.05, 3.63) is 48.3 Å². The summed E-state index contributed by atoms with van der Waals surface area (Å²) in [5.41, 5.74) is 1.18. The normalized spacial score (nSPS) is 12.0. The molecule has 1 aromatic carbocycles. The number of hydrogen-bond donors (Lipinski definition) is 1. The quantitative estimate of drug-likeness (QED) is 0.796. The molecule has 0 radical (unpaired) electrons. The van der Waals surface area contributed by atoms with E-state index in [-0.39, 0.29) is 6.04 Å². The van der Waals surface area contributed by atoms with Crippen LogP contribution in [0, 0.1) is 0 Å². The smallest absolute Gasteiger partial charge is 0.161 e. The Morgan fingerprint density at radius 2 is 1.81 bits per heavy atom. The number of hydrogen-bond acceptors (Lipinski definition) is 5. The largest absolute Gasteiger partial charge is 0.493 e. The van der Waals surface area contributed by atoms with Gasteiger partial charge in [-0.15, -0.1) is 11.8 Å². The third kappa shape index (κ3) is 4.12. The fraction of sp³-hybridized carbons (Fsp3) is 0.312. The standard InChI is InChI=1S/C16H20N2O2S/c1-17-14(11-21-13-6-8-18-9-7-13)12-4-5-15(19-2)16(10-12)20-3/h4-10,14,17H,11H2,1-3H3. The van der Waals surface area contributed by atoms with Crippen LogP contribution in [0.5, 0.6) is 11.5 Å². The van der Waals surface area contributed by atoms with Gasteiger partial charge in [-0.2, -0.15) is 0 Å². The zero-order chi connectivity index (χ0) is 15.1. The molecule has 0 bridgehead atoms. The van der Waals surface area contributed by atoms with Crippen molar-refractivity contribution in [1.82, 2.24) is 10.3 Å². The molecule has 4 nitrogen and oxygen atoms in total. The molecule has 0 spiro atoms. The van der Waals surface area contributed by atoms with Gasteiger partial charge < -0.3 is 14.8 Å². The van der Waals surface area contributed by atoms with Gasteiger partial charge in [-0.05, 0) is 36.9 Å². The van der Waals surface area contributed by atoms with Gasteiger partial charge in [0.15, 0.2) is 11.5 Å². The highest BCUT2D eigenvalue weighted by Gasteiger charge is 2.13. The molecule has 0 aliphatic heterocycles. The summed E-state index contributed by atoms with van der Waals surface area (Å²) in [4.78, 5) is 5.25. The number of aromatic nitrogens is 1. The van der Waals surface area contributed by atoms with Gasteiger partial charge in [0.2, 0.25) is 0 Å². The van der Waals surface area contributed by atoms with Gasteiger partial charge in [-0.3, -0.25) is 4.98 Å². The second-order valence-corrected chi connectivity index (χ2v) is 5.54. The summed E-state index contributed by atoms with van der Waals surface area (Å²) in [5, 5.41) is 3.34. The summed E-state index contributed by atoms with van der Waals surface area (Å²) < 4.78 is 10.6. The van der Waals surface area contributed by atoms with Crippen molar-refractivity contribution >= 4 is 11.8 Å². The Morgan fingerprint density at radius 3 is 2.43 bits per heavy atom. The number of pyridine rings is 1. The average molecular weight is 304 g/mol. The predicted octanol–water partition coefficient (Wildman–Crippen LogP) is 3.15. The van der Waals surface area contributed by atoms with E-state index in [4.69, 9.17) is 9.47 Å². The Hall–Kier alpha value is -1.72. The molecule has 1 heterocycles. The van der Waals surface area contributed by atoms with E-state index in [1.165, 1.54) is 10.5 Å². The van der Waals surface area contributed by atoms with Crippen molar-refractivity contribution < 1.29 is 9.47 Å². The molecular formula is C16H20N2O2S. The van der Waals surface area contributed by atoms with E-state index in [0.29, 0.717) is 0 Å². The molecule has 112 valence electrons. The second-order valence-electron chi connectivity index (χ2n) is 4.45. The van der Waals surface area contributed by atoms with Crippen LogP contribution in [-0.4, -0.2) is 32.0 Å². The highest BCUT2D eigenvalue weighted by Crippen LogP contribution is 2.31. The Morgan fingerprint density at radius 1 is 1.10 bits per heavy atom. The topological polar surface area (TPSA) is 43.4 Å². The zero-order valence-corrected chi connectivity index (χ0v) is 13.3. The first-order chi connectivity index (χ1) is 10.3. The van der Waals surface area contributed by atoms with Crippen LogP contribution in [0.2, 0.25) is 0 Å². The molecule has 2 rings (SSSR count). The van der Waals surface area contributed by atoms with Crippen LogP contribution in [0.25, 0.3) is 0 Å². The minimum atomic E-state index is 0.239. The molecule has 1 aromatic heterocycles. The summed E-state index contributed by atoms with van der Waals surface area (Å²) in [6.07, 6.45) is 3.63. The van der Waals surface area contributed by atoms with Crippen molar-refractivity contribution in [2.75, 3.05) is 27.0 Å². The first kappa shape index (κ1) is 15.7. The van der Waals surface area contributed by atoms with Crippen LogP contribution in [0.1, 0.15) is 11.6 Å². The molecule has 0 aliphatic rings. The lowest BCUT2D eigenvalue weighted by Crippen LogP contribution is -2.18. The van der Waals surface area contributed by atoms with Crippen molar-refractivity contribution in [2.45, 2.75) is 10.9 Å². The molecule has 21 heavy (non-hydrogen) atoms. The predicted molar refractivity (Wildman–Crippen MR) is 86.3 cm³/mol. The number of nitrogens with zero attached hydrogens (tertiary/aromatic N) is 1. The SMILES string of the molecule is CNC(CSc1ccncc1)c1ccc(OC)c(OC)c1. The van der Waals surface area contributed by atoms with Crippen molar-refractivity contribution in [2.24, 2.45) is 0 Å². The fourth-order valence-corrected chi connectivity index (χ4v) is 3.06. The lowest BCUT2D eigenvalue weighted by atomic mass is 10.1. The van der Waals surface area contributed by atoms with Crippen LogP contribution >= 0.6 is 11.8 Å². The number of rotatable bonds is 7. The highest BCUT2D eigenvalue weighted by atomic mass is 32.2. The van der Waals surface area contributed by atoms with E-state index in [2.05, 4.69) is 16.4 Å². The number of nitrogens with one attached hydrogen (secondary N) is 1. The first-order valence-corrected chi connectivity index (χ1v) is 7.69. The van der Waals surface area contributed by atoms with E-state index in [0.717, 1.165) is 17.3 Å². The minimum absolute atomic E-state index is 0.239. The lowest BCUT2D eigenvalue weighted by molar-refractivity contribution is 0.354. The Kier molecular flexibility index (Phi) is 5.90. The summed E-state index contributed by atoms with van der Waals surface area (Å²) in [5.74, 6) is 2.43. The second kappa shape index (κ2) is 7.90. The maximum Gasteiger partial charge on any atom is 0.161 e. The summed E-state index contributed by atoms with van der Waals surface area (Å²) in [7, 11) is 5.27. The van der Waals surface area contributed by atoms with Gasteiger partial charge in [-0.1, -0.05) is 6.07 Å². The fourth-order valence-electron chi connectivity index (χ4n) is 2.03. The monoisotopic (exact) mass is 304 g/mol. The van der Waals surface area contributed by atoms with E-state index in [9.17, 15) is 0 Å². The van der Waals surface area contributed by atoms with Gasteiger partial charge in [0.05, 0.1) is 14.2 Å². The first-order valence-electron chi connectivity index (χ1n) is 6.70. The molecule has 2 aromatic rings. The van der Waals surface area contributed by atoms with Crippen LogP contribution in [0.3, 0.4) is 0 Å². The van der Waals surface area contributed by atoms with Gasteiger partial charge in [0.25, 0.3) is 0 Å². The highest BCUT2D eigenvalue weighted by molar-refractivity contribution is 7.99. The van der Waals surface area contributed by atoms with Gasteiger partial charge in [-0.25, -0.2) is 0 Å². The summed E-state index contributed by atoms with van der Waals surface area (Å²) in [6.45, 7) is 0. The van der Waals surface area contributed by atoms with Crippen molar-refractivity contribution in [1.29, 1.82) is 0 Å². The number of methoxy groups -OCH3 is 2. The third-order valence-electron chi connectivity index (χ3n) is 3.22. The molecule has 1 atom stereocenters. The third-order valence-corrected chi connectivity index (χ3v) is 4.33. The minimum Gasteiger partial charge on any atom is -0.493 e. The maximum atomic E-state index is 5.37. The van der Waals surface area contributed by atoms with Crippen LogP contribution < -0.4 is 14.8 Å². The maximum absolute atomic E-state index is 5.37. The Bertz CT molecular complexity index is 563. The Labute approximate surface area is 129 Å². The molecule has 0 saturated carbocycles. The van der Waals surface area contributed by atoms with E-state index < -0.39 is 0 Å². The van der Waals surface area contributed by atoms with E-state index in [1.807, 2.05) is 43.7 Å². The molecule has 1 unspecified atom stereocenters. The van der Waals surface area contributed by atoms with Crippen LogP contribution in [0.15, 0.2) is 47.6 Å². The molecule has 0 saturated heterocycles. The lowest BCUT2D eigenvalue weighted by Gasteiger charge is -2.18. The van der Waals surface area contributed by atoms with E-state index >= 15 is 0 Å². The zero-order valence-electron chi connectivity index (χ0n) is 12.5. The van der Waals surface area contributed by atoms with Crippen LogP contribution in [0.4, 0.5) is 0 Å². The molecular weight excluding hydrogens is 284 g/mol. The molecule has 0 amide bonds. The summed E-state index contributed by atoms with van der Waals surface area (Å²) in [6, 6.07) is 10.3. The van der Waals surface area contributed by atoms with Gasteiger partial charge in [0, 0.05) is 29.1 Å². The number of thioether (sulfide) groups is 1. The molecule has 0 aliphatic carbocycles.